The van der Waals surface area contributed by atoms with Gasteiger partial charge in [0, 0.05) is 31.7 Å². The number of amides is 1. The summed E-state index contributed by atoms with van der Waals surface area (Å²) in [6.45, 7) is 6.32. The number of fused-ring (bicyclic) bond motifs is 1. The van der Waals surface area contributed by atoms with Gasteiger partial charge in [-0.15, -0.1) is 0 Å². The Hall–Kier alpha value is -2.57. The highest BCUT2D eigenvalue weighted by atomic mass is 32.2. The van der Waals surface area contributed by atoms with Gasteiger partial charge in [-0.1, -0.05) is 0 Å². The molecule has 2 aliphatic heterocycles. The van der Waals surface area contributed by atoms with Crippen LogP contribution in [0.25, 0.3) is 0 Å². The van der Waals surface area contributed by atoms with Crippen LogP contribution in [-0.2, 0) is 39.4 Å². The van der Waals surface area contributed by atoms with Crippen LogP contribution < -0.4 is 5.32 Å². The maximum Gasteiger partial charge on any atom is 0.407 e. The third-order valence-electron chi connectivity index (χ3n) is 7.02. The highest BCUT2D eigenvalue weighted by molar-refractivity contribution is 7.92. The molecule has 1 amide bonds. The van der Waals surface area contributed by atoms with E-state index in [1.807, 2.05) is 0 Å². The minimum atomic E-state index is -3.42. The van der Waals surface area contributed by atoms with Crippen molar-refractivity contribution in [2.75, 3.05) is 6.61 Å². The zero-order valence-electron chi connectivity index (χ0n) is 21.3. The fourth-order valence-corrected chi connectivity index (χ4v) is 6.86. The van der Waals surface area contributed by atoms with Crippen molar-refractivity contribution in [1.29, 1.82) is 0 Å². The number of nitrogens with one attached hydrogen (secondary N) is 1. The molecular formula is C25H32F2N4O5S. The second-order valence-electron chi connectivity index (χ2n) is 11.1. The fraction of sp³-hybridized carbons (Fsp3) is 0.600. The molecule has 2 fully saturated rings. The number of alkyl carbamates (subject to hydrolysis) is 1. The van der Waals surface area contributed by atoms with Crippen molar-refractivity contribution >= 4 is 15.9 Å². The van der Waals surface area contributed by atoms with Crippen LogP contribution >= 0.6 is 0 Å². The molecule has 0 bridgehead atoms. The second-order valence-corrected chi connectivity index (χ2v) is 13.2. The standard InChI is InChI=1S/C25H32F2N4O5S/c1-25(2,3)36-24(32)29-19-10-15(13-35-22(19)17-9-14(26)5-8-18(17)27)31-11-20-21(12-31)30(4)23(28-20)37(33,34)16-6-7-16/h5,8-9,15-16,19,22H,6-7,10-13H2,1-4H3,(H,29,32)/t15-,19+,22-/m1/s1. The van der Waals surface area contributed by atoms with Crippen LogP contribution in [0, 0.1) is 11.6 Å². The van der Waals surface area contributed by atoms with Gasteiger partial charge in [0.2, 0.25) is 15.0 Å². The maximum absolute atomic E-state index is 14.7. The van der Waals surface area contributed by atoms with Gasteiger partial charge in [-0.05, 0) is 58.2 Å². The number of imidazole rings is 1. The highest BCUT2D eigenvalue weighted by Gasteiger charge is 2.43. The van der Waals surface area contributed by atoms with Gasteiger partial charge in [-0.3, -0.25) is 4.90 Å². The van der Waals surface area contributed by atoms with Gasteiger partial charge in [0.25, 0.3) is 0 Å². The summed E-state index contributed by atoms with van der Waals surface area (Å²) in [5, 5.41) is 2.58. The van der Waals surface area contributed by atoms with Gasteiger partial charge in [0.1, 0.15) is 23.3 Å². The summed E-state index contributed by atoms with van der Waals surface area (Å²) in [6.07, 6.45) is 0.151. The van der Waals surface area contributed by atoms with E-state index < -0.39 is 45.3 Å². The molecule has 1 aromatic carbocycles. The van der Waals surface area contributed by atoms with Crippen LogP contribution in [0.4, 0.5) is 13.6 Å². The Labute approximate surface area is 215 Å². The summed E-state index contributed by atoms with van der Waals surface area (Å²) < 4.78 is 67.2. The summed E-state index contributed by atoms with van der Waals surface area (Å²) in [4.78, 5) is 19.2. The number of ether oxygens (including phenoxy) is 2. The number of aromatic nitrogens is 2. The topological polar surface area (TPSA) is 103 Å². The predicted molar refractivity (Wildman–Crippen MR) is 129 cm³/mol. The van der Waals surface area contributed by atoms with E-state index in [1.165, 1.54) is 0 Å². The Kier molecular flexibility index (Phi) is 6.56. The van der Waals surface area contributed by atoms with Crippen molar-refractivity contribution in [3.8, 4) is 0 Å². The Bertz CT molecular complexity index is 1320. The predicted octanol–water partition coefficient (Wildman–Crippen LogP) is 3.37. The summed E-state index contributed by atoms with van der Waals surface area (Å²) in [6, 6.07) is 2.30. The van der Waals surface area contributed by atoms with Crippen molar-refractivity contribution in [1.82, 2.24) is 19.8 Å². The second kappa shape index (κ2) is 9.32. The normalized spacial score (nSPS) is 24.6. The van der Waals surface area contributed by atoms with Crippen molar-refractivity contribution < 1.29 is 31.5 Å². The number of nitrogens with zero attached hydrogens (tertiary/aromatic N) is 3. The van der Waals surface area contributed by atoms with E-state index in [0.717, 1.165) is 23.9 Å². The molecule has 37 heavy (non-hydrogen) atoms. The first kappa shape index (κ1) is 26.1. The Morgan fingerprint density at radius 1 is 1.22 bits per heavy atom. The van der Waals surface area contributed by atoms with Gasteiger partial charge >= 0.3 is 6.09 Å². The zero-order chi connectivity index (χ0) is 26.7. The van der Waals surface area contributed by atoms with Gasteiger partial charge in [0.05, 0.1) is 29.3 Å². The lowest BCUT2D eigenvalue weighted by Gasteiger charge is -2.40. The number of hydrogen-bond acceptors (Lipinski definition) is 7. The van der Waals surface area contributed by atoms with Gasteiger partial charge in [-0.25, -0.2) is 27.0 Å². The molecule has 0 radical (unpaired) electrons. The monoisotopic (exact) mass is 538 g/mol. The van der Waals surface area contributed by atoms with Crippen LogP contribution in [0.1, 0.15) is 63.1 Å². The van der Waals surface area contributed by atoms with E-state index in [4.69, 9.17) is 9.47 Å². The molecule has 1 N–H and O–H groups in total. The molecule has 1 saturated carbocycles. The lowest BCUT2D eigenvalue weighted by molar-refractivity contribution is -0.0631. The lowest BCUT2D eigenvalue weighted by atomic mass is 9.92. The zero-order valence-corrected chi connectivity index (χ0v) is 22.1. The van der Waals surface area contributed by atoms with Crippen LogP contribution in [0.15, 0.2) is 23.4 Å². The molecule has 1 saturated heterocycles. The average molecular weight is 539 g/mol. The Morgan fingerprint density at radius 2 is 1.95 bits per heavy atom. The Morgan fingerprint density at radius 3 is 2.59 bits per heavy atom. The van der Waals surface area contributed by atoms with Gasteiger partial charge in [0.15, 0.2) is 0 Å². The Balaban J connectivity index is 1.35. The van der Waals surface area contributed by atoms with Crippen molar-refractivity contribution in [2.24, 2.45) is 7.05 Å². The van der Waals surface area contributed by atoms with Gasteiger partial charge < -0.3 is 19.4 Å². The minimum absolute atomic E-state index is 0.0285. The number of halogens is 2. The molecule has 1 aromatic heterocycles. The molecule has 2 aromatic rings. The number of carbonyl (C=O) groups is 1. The summed E-state index contributed by atoms with van der Waals surface area (Å²) in [5.41, 5.74) is 0.825. The third-order valence-corrected chi connectivity index (χ3v) is 9.24. The summed E-state index contributed by atoms with van der Waals surface area (Å²) in [7, 11) is -1.70. The molecule has 5 rings (SSSR count). The number of benzene rings is 1. The largest absolute Gasteiger partial charge is 0.444 e. The molecule has 9 nitrogen and oxygen atoms in total. The number of hydrogen-bond donors (Lipinski definition) is 1. The number of rotatable bonds is 5. The first-order valence-electron chi connectivity index (χ1n) is 12.4. The van der Waals surface area contributed by atoms with Crippen molar-refractivity contribution in [2.45, 2.75) is 87.3 Å². The maximum atomic E-state index is 14.7. The molecule has 0 unspecified atom stereocenters. The van der Waals surface area contributed by atoms with E-state index in [-0.39, 0.29) is 28.6 Å². The van der Waals surface area contributed by atoms with E-state index in [1.54, 1.807) is 32.4 Å². The first-order chi connectivity index (χ1) is 17.3. The van der Waals surface area contributed by atoms with Crippen molar-refractivity contribution in [3.63, 3.8) is 0 Å². The van der Waals surface area contributed by atoms with Crippen molar-refractivity contribution in [3.05, 3.63) is 46.8 Å². The van der Waals surface area contributed by atoms with E-state index in [2.05, 4.69) is 15.2 Å². The molecule has 12 heteroatoms. The van der Waals surface area contributed by atoms with Crippen LogP contribution in [0.3, 0.4) is 0 Å². The summed E-state index contributed by atoms with van der Waals surface area (Å²) >= 11 is 0. The number of carbonyl (C=O) groups excluding carboxylic acids is 1. The molecule has 202 valence electrons. The molecule has 3 heterocycles. The SMILES string of the molecule is Cn1c(S(=O)(=O)C2CC2)nc2c1CN([C@H]1CO[C@H](c3cc(F)ccc3F)[C@@H](NC(=O)OC(C)(C)C)C1)C2. The van der Waals surface area contributed by atoms with Crippen LogP contribution in [0.2, 0.25) is 0 Å². The van der Waals surface area contributed by atoms with E-state index in [0.29, 0.717) is 38.0 Å². The molecule has 0 spiro atoms. The summed E-state index contributed by atoms with van der Waals surface area (Å²) in [5.74, 6) is -1.22. The molecule has 3 aliphatic rings. The number of sulfone groups is 1. The van der Waals surface area contributed by atoms with E-state index >= 15 is 0 Å². The van der Waals surface area contributed by atoms with Gasteiger partial charge in [-0.2, -0.15) is 0 Å². The average Bonchev–Trinajstić information content (AvgIpc) is 3.51. The van der Waals surface area contributed by atoms with E-state index in [9.17, 15) is 22.0 Å². The molecule has 3 atom stereocenters. The quantitative estimate of drug-likeness (QED) is 0.623. The third kappa shape index (κ3) is 5.23. The van der Waals surface area contributed by atoms with Crippen LogP contribution in [-0.4, -0.2) is 58.5 Å². The smallest absolute Gasteiger partial charge is 0.407 e. The minimum Gasteiger partial charge on any atom is -0.444 e. The van der Waals surface area contributed by atoms with Crippen LogP contribution in [0.5, 0.6) is 0 Å². The lowest BCUT2D eigenvalue weighted by Crippen LogP contribution is -2.52. The molecular weight excluding hydrogens is 506 g/mol. The molecule has 1 aliphatic carbocycles. The first-order valence-corrected chi connectivity index (χ1v) is 14.0. The fourth-order valence-electron chi connectivity index (χ4n) is 5.07. The highest BCUT2D eigenvalue weighted by Crippen LogP contribution is 2.38.